The van der Waals surface area contributed by atoms with Crippen LogP contribution in [0.25, 0.3) is 0 Å². The van der Waals surface area contributed by atoms with E-state index < -0.39 is 0 Å². The van der Waals surface area contributed by atoms with E-state index in [0.29, 0.717) is 29.1 Å². The summed E-state index contributed by atoms with van der Waals surface area (Å²) in [6.07, 6.45) is 6.51. The molecular weight excluding hydrogens is 492 g/mol. The molecule has 2 aromatic carbocycles. The van der Waals surface area contributed by atoms with E-state index in [9.17, 15) is 9.59 Å². The summed E-state index contributed by atoms with van der Waals surface area (Å²) >= 11 is 3.24. The molecule has 0 amide bonds. The monoisotopic (exact) mass is 524 g/mol. The summed E-state index contributed by atoms with van der Waals surface area (Å²) in [7, 11) is 0. The third-order valence-electron chi connectivity index (χ3n) is 8.96. The van der Waals surface area contributed by atoms with Crippen molar-refractivity contribution in [2.24, 2.45) is 17.3 Å². The largest absolute Gasteiger partial charge is 0.461 e. The van der Waals surface area contributed by atoms with E-state index in [2.05, 4.69) is 42.8 Å². The molecule has 4 nitrogen and oxygen atoms in total. The smallest absolute Gasteiger partial charge is 0.343 e. The number of esters is 2. The Kier molecular flexibility index (Phi) is 6.34. The maximum Gasteiger partial charge on any atom is 0.343 e. The number of carbonyl (C=O) groups is 2. The Morgan fingerprint density at radius 1 is 1.09 bits per heavy atom. The number of rotatable bonds is 4. The topological polar surface area (TPSA) is 52.6 Å². The van der Waals surface area contributed by atoms with Crippen molar-refractivity contribution in [3.05, 3.63) is 64.2 Å². The lowest BCUT2D eigenvalue weighted by Crippen LogP contribution is -2.45. The summed E-state index contributed by atoms with van der Waals surface area (Å²) in [6.45, 7) is 6.63. The Balaban J connectivity index is 1.41. The minimum absolute atomic E-state index is 0.0347. The van der Waals surface area contributed by atoms with Gasteiger partial charge in [0.15, 0.2) is 0 Å². The average Bonchev–Trinajstić information content (AvgIpc) is 3.18. The second-order valence-corrected chi connectivity index (χ2v) is 11.2. The van der Waals surface area contributed by atoms with Crippen LogP contribution in [0.2, 0.25) is 0 Å². The lowest BCUT2D eigenvalue weighted by atomic mass is 9.54. The average molecular weight is 525 g/mol. The van der Waals surface area contributed by atoms with Gasteiger partial charge in [-0.2, -0.15) is 0 Å². The van der Waals surface area contributed by atoms with E-state index in [1.54, 1.807) is 12.1 Å². The molecule has 0 heterocycles. The Labute approximate surface area is 210 Å². The first kappa shape index (κ1) is 23.6. The maximum absolute atomic E-state index is 12.7. The van der Waals surface area contributed by atoms with Crippen LogP contribution >= 0.6 is 15.9 Å². The lowest BCUT2D eigenvalue weighted by Gasteiger charge is -2.51. The summed E-state index contributed by atoms with van der Waals surface area (Å²) in [6, 6.07) is 11.3. The highest BCUT2D eigenvalue weighted by Gasteiger charge is 2.56. The first-order valence-electron chi connectivity index (χ1n) is 12.5. The van der Waals surface area contributed by atoms with Crippen molar-refractivity contribution in [3.63, 3.8) is 0 Å². The van der Waals surface area contributed by atoms with Crippen LogP contribution in [0.4, 0.5) is 0 Å². The molecule has 0 spiro atoms. The molecule has 3 aliphatic rings. The third kappa shape index (κ3) is 3.90. The molecule has 5 rings (SSSR count). The van der Waals surface area contributed by atoms with Crippen LogP contribution in [0.15, 0.2) is 36.4 Å². The first-order chi connectivity index (χ1) is 16.3. The number of benzene rings is 2. The normalized spacial score (nSPS) is 29.5. The number of alkyl halides is 1. The number of aryl methyl sites for hydroxylation is 1. The molecule has 34 heavy (non-hydrogen) atoms. The van der Waals surface area contributed by atoms with Crippen molar-refractivity contribution in [3.8, 4) is 5.75 Å². The maximum atomic E-state index is 12.7. The highest BCUT2D eigenvalue weighted by molar-refractivity contribution is 9.09. The van der Waals surface area contributed by atoms with Crippen molar-refractivity contribution >= 4 is 27.9 Å². The fourth-order valence-electron chi connectivity index (χ4n) is 7.34. The molecular formula is C29H33BrO4. The zero-order chi connectivity index (χ0) is 24.0. The van der Waals surface area contributed by atoms with Gasteiger partial charge in [0.05, 0.1) is 5.56 Å². The Morgan fingerprint density at radius 3 is 2.59 bits per heavy atom. The molecule has 5 atom stereocenters. The number of fused-ring (bicyclic) bond motifs is 5. The molecule has 2 aromatic rings. The van der Waals surface area contributed by atoms with Crippen LogP contribution in [-0.4, -0.2) is 23.4 Å². The lowest BCUT2D eigenvalue weighted by molar-refractivity contribution is -0.154. The van der Waals surface area contributed by atoms with Crippen LogP contribution < -0.4 is 4.74 Å². The zero-order valence-corrected chi connectivity index (χ0v) is 21.8. The van der Waals surface area contributed by atoms with Crippen LogP contribution in [0, 0.1) is 31.1 Å². The second-order valence-electron chi connectivity index (χ2n) is 10.6. The van der Waals surface area contributed by atoms with Gasteiger partial charge in [-0.25, -0.2) is 4.79 Å². The van der Waals surface area contributed by atoms with Crippen LogP contribution in [-0.2, 0) is 16.0 Å². The fraction of sp³-hybridized carbons (Fsp3) is 0.517. The molecule has 0 radical (unpaired) electrons. The van der Waals surface area contributed by atoms with Gasteiger partial charge in [-0.3, -0.25) is 4.79 Å². The summed E-state index contributed by atoms with van der Waals surface area (Å²) < 4.78 is 11.7. The molecule has 5 heteroatoms. The summed E-state index contributed by atoms with van der Waals surface area (Å²) in [5.74, 6) is 1.97. The van der Waals surface area contributed by atoms with Crippen LogP contribution in [0.1, 0.15) is 77.6 Å². The number of carbonyl (C=O) groups excluding carboxylic acids is 2. The molecule has 0 N–H and O–H groups in total. The minimum atomic E-state index is -0.305. The molecule has 0 aliphatic heterocycles. The summed E-state index contributed by atoms with van der Waals surface area (Å²) in [5, 5.41) is 0.263. The van der Waals surface area contributed by atoms with Gasteiger partial charge in [0.1, 0.15) is 17.2 Å². The van der Waals surface area contributed by atoms with Crippen molar-refractivity contribution < 1.29 is 19.1 Å². The van der Waals surface area contributed by atoms with Crippen LogP contribution in [0.3, 0.4) is 0 Å². The van der Waals surface area contributed by atoms with Crippen molar-refractivity contribution in [1.82, 2.24) is 0 Å². The SMILES string of the molecule is Cc1cc(OC(=O)c2ccccc2)c(C)c2c1[C@H]1CC[C@]3(C)[C@@H](OC(=O)CBr)CC[C@H]3[C@@H]1CC2. The van der Waals surface area contributed by atoms with Crippen molar-refractivity contribution in [1.29, 1.82) is 0 Å². The summed E-state index contributed by atoms with van der Waals surface area (Å²) in [5.41, 5.74) is 5.84. The molecule has 0 bridgehead atoms. The minimum Gasteiger partial charge on any atom is -0.461 e. The quantitative estimate of drug-likeness (QED) is 0.254. The first-order valence-corrected chi connectivity index (χ1v) is 13.6. The van der Waals surface area contributed by atoms with Crippen LogP contribution in [0.5, 0.6) is 5.75 Å². The van der Waals surface area contributed by atoms with Gasteiger partial charge >= 0.3 is 11.9 Å². The second kappa shape index (κ2) is 9.14. The number of hydrogen-bond donors (Lipinski definition) is 0. The predicted octanol–water partition coefficient (Wildman–Crippen LogP) is 6.69. The van der Waals surface area contributed by atoms with Gasteiger partial charge in [-0.05, 0) is 111 Å². The van der Waals surface area contributed by atoms with Crippen molar-refractivity contribution in [2.45, 2.75) is 71.3 Å². The van der Waals surface area contributed by atoms with E-state index in [0.717, 1.165) is 44.1 Å². The molecule has 3 aliphatic carbocycles. The molecule has 0 saturated heterocycles. The van der Waals surface area contributed by atoms with Gasteiger partial charge < -0.3 is 9.47 Å². The highest BCUT2D eigenvalue weighted by atomic mass is 79.9. The molecule has 0 unspecified atom stereocenters. The highest BCUT2D eigenvalue weighted by Crippen LogP contribution is 2.62. The Hall–Kier alpha value is -2.14. The van der Waals surface area contributed by atoms with Gasteiger partial charge in [0, 0.05) is 5.41 Å². The van der Waals surface area contributed by atoms with Gasteiger partial charge in [-0.1, -0.05) is 41.1 Å². The summed E-state index contributed by atoms with van der Waals surface area (Å²) in [4.78, 5) is 24.7. The standard InChI is InChI=1S/C29H33BrO4/c1-17-15-24(33-28(32)19-7-5-4-6-8-19)18(2)20-9-10-21-22(27(17)20)13-14-29(3)23(21)11-12-25(29)34-26(31)16-30/h4-8,15,21-23,25H,9-14,16H2,1-3H3/t21-,22+,23+,25+,29+/m1/s1. The predicted molar refractivity (Wildman–Crippen MR) is 136 cm³/mol. The van der Waals surface area contributed by atoms with E-state index in [4.69, 9.17) is 9.47 Å². The van der Waals surface area contributed by atoms with E-state index in [1.165, 1.54) is 16.7 Å². The number of ether oxygens (including phenoxy) is 2. The fourth-order valence-corrected chi connectivity index (χ4v) is 7.48. The van der Waals surface area contributed by atoms with E-state index in [1.807, 2.05) is 18.2 Å². The molecule has 2 fully saturated rings. The van der Waals surface area contributed by atoms with Gasteiger partial charge in [0.25, 0.3) is 0 Å². The molecule has 0 aromatic heterocycles. The van der Waals surface area contributed by atoms with Gasteiger partial charge in [0.2, 0.25) is 0 Å². The molecule has 2 saturated carbocycles. The van der Waals surface area contributed by atoms with Crippen molar-refractivity contribution in [2.75, 3.05) is 5.33 Å². The number of hydrogen-bond acceptors (Lipinski definition) is 4. The number of halogens is 1. The Morgan fingerprint density at radius 2 is 1.85 bits per heavy atom. The third-order valence-corrected chi connectivity index (χ3v) is 9.42. The van der Waals surface area contributed by atoms with E-state index >= 15 is 0 Å². The van der Waals surface area contributed by atoms with Gasteiger partial charge in [-0.15, -0.1) is 0 Å². The van der Waals surface area contributed by atoms with E-state index in [-0.39, 0.29) is 28.8 Å². The Bertz CT molecular complexity index is 1110. The molecule has 180 valence electrons. The zero-order valence-electron chi connectivity index (χ0n) is 20.2.